The maximum absolute atomic E-state index is 12.0. The molecule has 0 amide bonds. The molecular formula is C11H14N2O4S2. The molecule has 0 spiro atoms. The number of sulfonamides is 1. The van der Waals surface area contributed by atoms with E-state index in [1.807, 2.05) is 0 Å². The van der Waals surface area contributed by atoms with Crippen LogP contribution in [0, 0.1) is 6.92 Å². The second-order valence-electron chi connectivity index (χ2n) is 3.95. The van der Waals surface area contributed by atoms with Crippen LogP contribution in [0.1, 0.15) is 16.3 Å². The summed E-state index contributed by atoms with van der Waals surface area (Å²) in [5.74, 6) is 0.466. The number of hydrogen-bond donors (Lipinski definition) is 2. The molecule has 6 nitrogen and oxygen atoms in total. The van der Waals surface area contributed by atoms with Crippen molar-refractivity contribution in [2.24, 2.45) is 0 Å². The Labute approximate surface area is 115 Å². The molecule has 0 aliphatic rings. The first kappa shape index (κ1) is 14.2. The summed E-state index contributed by atoms with van der Waals surface area (Å²) < 4.78 is 31.6. The summed E-state index contributed by atoms with van der Waals surface area (Å²) in [7, 11) is -3.55. The van der Waals surface area contributed by atoms with E-state index in [1.54, 1.807) is 19.1 Å². The Morgan fingerprint density at radius 1 is 1.47 bits per heavy atom. The van der Waals surface area contributed by atoms with Gasteiger partial charge in [0.1, 0.15) is 4.21 Å². The smallest absolute Gasteiger partial charge is 0.250 e. The van der Waals surface area contributed by atoms with Gasteiger partial charge in [-0.1, -0.05) is 5.16 Å². The fraction of sp³-hybridized carbons (Fsp3) is 0.364. The largest absolute Gasteiger partial charge is 0.396 e. The van der Waals surface area contributed by atoms with Crippen molar-refractivity contribution in [3.63, 3.8) is 0 Å². The Balaban J connectivity index is 2.04. The van der Waals surface area contributed by atoms with Crippen LogP contribution in [-0.2, 0) is 23.0 Å². The topological polar surface area (TPSA) is 92.4 Å². The Bertz CT molecular complexity index is 645. The summed E-state index contributed by atoms with van der Waals surface area (Å²) in [5.41, 5.74) is 0.704. The molecule has 2 aromatic heterocycles. The fourth-order valence-corrected chi connectivity index (χ4v) is 3.87. The lowest BCUT2D eigenvalue weighted by atomic mass is 10.4. The third kappa shape index (κ3) is 3.63. The van der Waals surface area contributed by atoms with Crippen LogP contribution in [0.5, 0.6) is 0 Å². The Hall–Kier alpha value is -1.22. The molecule has 0 radical (unpaired) electrons. The molecule has 0 unspecified atom stereocenters. The summed E-state index contributed by atoms with van der Waals surface area (Å²) >= 11 is 1.15. The van der Waals surface area contributed by atoms with Crippen molar-refractivity contribution >= 4 is 21.4 Å². The van der Waals surface area contributed by atoms with E-state index in [1.165, 1.54) is 6.07 Å². The van der Waals surface area contributed by atoms with E-state index in [0.717, 1.165) is 16.2 Å². The third-order valence-electron chi connectivity index (χ3n) is 2.37. The van der Waals surface area contributed by atoms with Gasteiger partial charge in [-0.3, -0.25) is 0 Å². The first-order valence-electron chi connectivity index (χ1n) is 5.63. The fourth-order valence-electron chi connectivity index (χ4n) is 1.48. The molecular weight excluding hydrogens is 288 g/mol. The van der Waals surface area contributed by atoms with Crippen LogP contribution in [0.3, 0.4) is 0 Å². The number of nitrogens with zero attached hydrogens (tertiary/aromatic N) is 1. The Kier molecular flexibility index (Phi) is 4.35. The van der Waals surface area contributed by atoms with E-state index in [9.17, 15) is 8.42 Å². The van der Waals surface area contributed by atoms with E-state index >= 15 is 0 Å². The second kappa shape index (κ2) is 5.83. The molecule has 0 fully saturated rings. The minimum Gasteiger partial charge on any atom is -0.396 e. The van der Waals surface area contributed by atoms with Crippen molar-refractivity contribution in [2.45, 2.75) is 24.1 Å². The number of nitrogens with one attached hydrogen (secondary N) is 1. The number of hydrogen-bond acceptors (Lipinski definition) is 6. The standard InChI is InChI=1S/C11H14N2O4S2/c1-8-6-9(17-13-8)7-12-19(15,16)11-3-2-10(18-11)4-5-14/h2-3,6,12,14H,4-5,7H2,1H3. The summed E-state index contributed by atoms with van der Waals surface area (Å²) in [5, 5.41) is 12.5. The molecule has 0 aliphatic heterocycles. The second-order valence-corrected chi connectivity index (χ2v) is 7.12. The maximum Gasteiger partial charge on any atom is 0.250 e. The van der Waals surface area contributed by atoms with Gasteiger partial charge < -0.3 is 9.63 Å². The minimum absolute atomic E-state index is 0.00473. The van der Waals surface area contributed by atoms with Crippen molar-refractivity contribution in [3.8, 4) is 0 Å². The van der Waals surface area contributed by atoms with Gasteiger partial charge in [0.15, 0.2) is 5.76 Å². The van der Waals surface area contributed by atoms with Gasteiger partial charge in [0.05, 0.1) is 12.2 Å². The summed E-state index contributed by atoms with van der Waals surface area (Å²) in [4.78, 5) is 0.832. The van der Waals surface area contributed by atoms with Gasteiger partial charge in [0.2, 0.25) is 10.0 Å². The van der Waals surface area contributed by atoms with E-state index in [2.05, 4.69) is 9.88 Å². The molecule has 0 aromatic carbocycles. The lowest BCUT2D eigenvalue weighted by Gasteiger charge is -2.01. The summed E-state index contributed by atoms with van der Waals surface area (Å²) in [6.07, 6.45) is 0.460. The van der Waals surface area contributed by atoms with Crippen molar-refractivity contribution in [2.75, 3.05) is 6.61 Å². The zero-order chi connectivity index (χ0) is 13.9. The highest BCUT2D eigenvalue weighted by molar-refractivity contribution is 7.91. The lowest BCUT2D eigenvalue weighted by Crippen LogP contribution is -2.22. The summed E-state index contributed by atoms with van der Waals surface area (Å²) in [6.45, 7) is 1.84. The molecule has 2 rings (SSSR count). The van der Waals surface area contributed by atoms with Crippen molar-refractivity contribution in [3.05, 3.63) is 34.5 Å². The first-order chi connectivity index (χ1) is 9.01. The van der Waals surface area contributed by atoms with Gasteiger partial charge in [0, 0.05) is 24.0 Å². The predicted molar refractivity (Wildman–Crippen MR) is 70.4 cm³/mol. The number of thiophene rings is 1. The lowest BCUT2D eigenvalue weighted by molar-refractivity contribution is 0.300. The molecule has 2 heterocycles. The van der Waals surface area contributed by atoms with Crippen LogP contribution in [0.25, 0.3) is 0 Å². The maximum atomic E-state index is 12.0. The quantitative estimate of drug-likeness (QED) is 0.832. The number of aryl methyl sites for hydroxylation is 1. The van der Waals surface area contributed by atoms with Crippen molar-refractivity contribution in [1.82, 2.24) is 9.88 Å². The number of aromatic nitrogens is 1. The molecule has 0 saturated carbocycles. The monoisotopic (exact) mass is 302 g/mol. The average molecular weight is 302 g/mol. The minimum atomic E-state index is -3.55. The number of aliphatic hydroxyl groups is 1. The van der Waals surface area contributed by atoms with E-state index in [4.69, 9.17) is 9.63 Å². The molecule has 0 bridgehead atoms. The van der Waals surface area contributed by atoms with Crippen LogP contribution < -0.4 is 4.72 Å². The Morgan fingerprint density at radius 3 is 2.89 bits per heavy atom. The highest BCUT2D eigenvalue weighted by Gasteiger charge is 2.17. The zero-order valence-electron chi connectivity index (χ0n) is 10.3. The van der Waals surface area contributed by atoms with Crippen LogP contribution >= 0.6 is 11.3 Å². The van der Waals surface area contributed by atoms with Gasteiger partial charge >= 0.3 is 0 Å². The van der Waals surface area contributed by atoms with Crippen LogP contribution in [-0.4, -0.2) is 25.3 Å². The molecule has 104 valence electrons. The highest BCUT2D eigenvalue weighted by Crippen LogP contribution is 2.22. The van der Waals surface area contributed by atoms with Crippen LogP contribution in [0.15, 0.2) is 26.9 Å². The molecule has 0 aliphatic carbocycles. The molecule has 0 atom stereocenters. The predicted octanol–water partition coefficient (Wildman–Crippen LogP) is 1.06. The van der Waals surface area contributed by atoms with E-state index in [0.29, 0.717) is 17.9 Å². The number of aliphatic hydroxyl groups excluding tert-OH is 1. The normalized spacial score (nSPS) is 11.9. The van der Waals surface area contributed by atoms with Gasteiger partial charge in [-0.15, -0.1) is 11.3 Å². The van der Waals surface area contributed by atoms with Gasteiger partial charge in [-0.2, -0.15) is 0 Å². The molecule has 8 heteroatoms. The molecule has 19 heavy (non-hydrogen) atoms. The van der Waals surface area contributed by atoms with Gasteiger partial charge in [0.25, 0.3) is 0 Å². The van der Waals surface area contributed by atoms with E-state index < -0.39 is 10.0 Å². The Morgan fingerprint density at radius 2 is 2.26 bits per heavy atom. The first-order valence-corrected chi connectivity index (χ1v) is 7.92. The SMILES string of the molecule is Cc1cc(CNS(=O)(=O)c2ccc(CCO)s2)on1. The molecule has 2 aromatic rings. The zero-order valence-corrected chi connectivity index (χ0v) is 11.9. The van der Waals surface area contributed by atoms with Gasteiger partial charge in [-0.05, 0) is 19.1 Å². The van der Waals surface area contributed by atoms with Crippen LogP contribution in [0.2, 0.25) is 0 Å². The molecule has 0 saturated heterocycles. The third-order valence-corrected chi connectivity index (χ3v) is 5.41. The number of rotatable bonds is 6. The van der Waals surface area contributed by atoms with Crippen molar-refractivity contribution < 1.29 is 18.0 Å². The van der Waals surface area contributed by atoms with E-state index in [-0.39, 0.29) is 17.4 Å². The average Bonchev–Trinajstić information content (AvgIpc) is 2.97. The molecule has 2 N–H and O–H groups in total. The van der Waals surface area contributed by atoms with Crippen LogP contribution in [0.4, 0.5) is 0 Å². The van der Waals surface area contributed by atoms with Crippen molar-refractivity contribution in [1.29, 1.82) is 0 Å². The van der Waals surface area contributed by atoms with Gasteiger partial charge in [-0.25, -0.2) is 13.1 Å². The summed E-state index contributed by atoms with van der Waals surface area (Å²) in [6, 6.07) is 4.91. The highest BCUT2D eigenvalue weighted by atomic mass is 32.2.